The quantitative estimate of drug-likeness (QED) is 0.650. The Bertz CT molecular complexity index is 1180. The minimum absolute atomic E-state index is 0.109. The van der Waals surface area contributed by atoms with Gasteiger partial charge in [0.25, 0.3) is 5.91 Å². The predicted molar refractivity (Wildman–Crippen MR) is 113 cm³/mol. The molecule has 1 aromatic heterocycles. The Hall–Kier alpha value is -2.71. The van der Waals surface area contributed by atoms with E-state index in [0.29, 0.717) is 19.0 Å². The molecule has 8 heteroatoms. The summed E-state index contributed by atoms with van der Waals surface area (Å²) in [5, 5.41) is 1.19. The average molecular weight is 430 g/mol. The fraction of sp³-hybridized carbons (Fsp3) is 0.318. The lowest BCUT2D eigenvalue weighted by atomic mass is 9.89. The van der Waals surface area contributed by atoms with Crippen molar-refractivity contribution in [2.45, 2.75) is 30.6 Å². The first-order chi connectivity index (χ1) is 14.4. The number of hydrogen-bond acceptors (Lipinski definition) is 3. The number of likely N-dealkylation sites (tertiary alicyclic amines) is 1. The normalized spacial score (nSPS) is 15.6. The predicted octanol–water partition coefficient (Wildman–Crippen LogP) is 3.63. The van der Waals surface area contributed by atoms with Gasteiger partial charge in [0, 0.05) is 36.7 Å². The van der Waals surface area contributed by atoms with E-state index in [1.54, 1.807) is 11.8 Å². The molecule has 1 amide bonds. The summed E-state index contributed by atoms with van der Waals surface area (Å²) in [5.74, 6) is -0.872. The Labute approximate surface area is 175 Å². The number of hydrogen-bond donors (Lipinski definition) is 2. The van der Waals surface area contributed by atoms with Crippen molar-refractivity contribution >= 4 is 26.8 Å². The van der Waals surface area contributed by atoms with Crippen molar-refractivity contribution in [2.24, 2.45) is 0 Å². The Morgan fingerprint density at radius 1 is 1.20 bits per heavy atom. The third-order valence-corrected chi connectivity index (χ3v) is 7.20. The monoisotopic (exact) mass is 429 g/mol. The maximum absolute atomic E-state index is 14.4. The Balaban J connectivity index is 1.51. The number of benzene rings is 2. The molecule has 3 aromatic rings. The van der Waals surface area contributed by atoms with Crippen LogP contribution in [0.25, 0.3) is 10.9 Å². The molecule has 0 atom stereocenters. The number of sulfonamides is 1. The molecule has 0 spiro atoms. The van der Waals surface area contributed by atoms with Gasteiger partial charge in [-0.25, -0.2) is 17.5 Å². The molecule has 0 unspecified atom stereocenters. The van der Waals surface area contributed by atoms with Crippen molar-refractivity contribution in [3.63, 3.8) is 0 Å². The van der Waals surface area contributed by atoms with Crippen molar-refractivity contribution in [3.8, 4) is 0 Å². The number of aromatic nitrogens is 1. The largest absolute Gasteiger partial charge is 0.361 e. The van der Waals surface area contributed by atoms with E-state index in [-0.39, 0.29) is 17.0 Å². The van der Waals surface area contributed by atoms with Gasteiger partial charge in [-0.2, -0.15) is 0 Å². The van der Waals surface area contributed by atoms with Gasteiger partial charge in [-0.05, 0) is 48.6 Å². The lowest BCUT2D eigenvalue weighted by Crippen LogP contribution is -2.38. The first-order valence-electron chi connectivity index (χ1n) is 10.0. The summed E-state index contributed by atoms with van der Waals surface area (Å²) < 4.78 is 41.1. The van der Waals surface area contributed by atoms with E-state index in [0.717, 1.165) is 30.5 Å². The second-order valence-corrected chi connectivity index (χ2v) is 9.27. The number of amides is 1. The minimum Gasteiger partial charge on any atom is -0.361 e. The lowest BCUT2D eigenvalue weighted by Gasteiger charge is -2.32. The number of carbonyl (C=O) groups excluding carboxylic acids is 1. The van der Waals surface area contributed by atoms with E-state index in [2.05, 4.69) is 15.8 Å². The highest BCUT2D eigenvalue weighted by Crippen LogP contribution is 2.33. The minimum atomic E-state index is -3.76. The number of fused-ring (bicyclic) bond motifs is 1. The van der Waals surface area contributed by atoms with Crippen molar-refractivity contribution in [3.05, 3.63) is 65.6 Å². The van der Waals surface area contributed by atoms with Crippen LogP contribution in [0.2, 0.25) is 0 Å². The van der Waals surface area contributed by atoms with Crippen LogP contribution in [0.3, 0.4) is 0 Å². The molecule has 158 valence electrons. The number of nitrogens with zero attached hydrogens (tertiary/aromatic N) is 1. The number of rotatable bonds is 5. The van der Waals surface area contributed by atoms with Crippen LogP contribution in [0, 0.1) is 5.82 Å². The van der Waals surface area contributed by atoms with Crippen LogP contribution in [-0.2, 0) is 10.0 Å². The SMILES string of the molecule is CCNS(=O)(=O)c1ccc(F)c(C(=O)N2CCC(c3c[nH]c4ccccc34)CC2)c1. The molecule has 2 N–H and O–H groups in total. The molecule has 1 aliphatic heterocycles. The summed E-state index contributed by atoms with van der Waals surface area (Å²) >= 11 is 0. The van der Waals surface area contributed by atoms with Gasteiger partial charge in [-0.3, -0.25) is 4.79 Å². The van der Waals surface area contributed by atoms with Gasteiger partial charge in [-0.1, -0.05) is 25.1 Å². The Morgan fingerprint density at radius 3 is 2.67 bits per heavy atom. The standard InChI is InChI=1S/C22H24FN3O3S/c1-2-25-30(28,29)16-7-8-20(23)18(13-16)22(27)26-11-9-15(10-12-26)19-14-24-21-6-4-3-5-17(19)21/h3-8,13-15,24-25H,2,9-12H2,1H3. The van der Waals surface area contributed by atoms with Gasteiger partial charge >= 0.3 is 0 Å². The van der Waals surface area contributed by atoms with Crippen LogP contribution in [0.5, 0.6) is 0 Å². The van der Waals surface area contributed by atoms with Crippen molar-refractivity contribution < 1.29 is 17.6 Å². The van der Waals surface area contributed by atoms with Gasteiger partial charge in [0.05, 0.1) is 10.5 Å². The topological polar surface area (TPSA) is 82.3 Å². The first kappa shape index (κ1) is 20.6. The average Bonchev–Trinajstić information content (AvgIpc) is 3.18. The van der Waals surface area contributed by atoms with Crippen molar-refractivity contribution in [2.75, 3.05) is 19.6 Å². The Kier molecular flexibility index (Phi) is 5.62. The van der Waals surface area contributed by atoms with Gasteiger partial charge in [0.2, 0.25) is 10.0 Å². The van der Waals surface area contributed by atoms with E-state index in [4.69, 9.17) is 0 Å². The molecule has 0 bridgehead atoms. The third kappa shape index (κ3) is 3.85. The number of H-pyrrole nitrogens is 1. The van der Waals surface area contributed by atoms with Gasteiger partial charge < -0.3 is 9.88 Å². The van der Waals surface area contributed by atoms with Gasteiger partial charge in [0.1, 0.15) is 5.82 Å². The number of piperidine rings is 1. The summed E-state index contributed by atoms with van der Waals surface area (Å²) in [7, 11) is -3.76. The molecular weight excluding hydrogens is 405 g/mol. The molecule has 0 saturated carbocycles. The van der Waals surface area contributed by atoms with Crippen LogP contribution in [0.4, 0.5) is 4.39 Å². The molecule has 0 radical (unpaired) electrons. The zero-order valence-electron chi connectivity index (χ0n) is 16.7. The molecule has 1 aliphatic rings. The summed E-state index contributed by atoms with van der Waals surface area (Å²) in [6.45, 7) is 2.86. The van der Waals surface area contributed by atoms with Gasteiger partial charge in [-0.15, -0.1) is 0 Å². The summed E-state index contributed by atoms with van der Waals surface area (Å²) in [6, 6.07) is 11.5. The van der Waals surface area contributed by atoms with Crippen LogP contribution >= 0.6 is 0 Å². The fourth-order valence-corrected chi connectivity index (χ4v) is 5.17. The van der Waals surface area contributed by atoms with E-state index in [1.807, 2.05) is 24.4 Å². The maximum Gasteiger partial charge on any atom is 0.256 e. The number of halogens is 1. The molecule has 30 heavy (non-hydrogen) atoms. The van der Waals surface area contributed by atoms with E-state index >= 15 is 0 Å². The summed E-state index contributed by atoms with van der Waals surface area (Å²) in [4.78, 5) is 17.7. The second-order valence-electron chi connectivity index (χ2n) is 7.50. The number of nitrogens with one attached hydrogen (secondary N) is 2. The van der Waals surface area contributed by atoms with Crippen LogP contribution in [-0.4, -0.2) is 43.8 Å². The van der Waals surface area contributed by atoms with Crippen molar-refractivity contribution in [1.29, 1.82) is 0 Å². The van der Waals surface area contributed by atoms with Crippen LogP contribution in [0.15, 0.2) is 53.6 Å². The zero-order valence-corrected chi connectivity index (χ0v) is 17.5. The molecule has 0 aliphatic carbocycles. The highest BCUT2D eigenvalue weighted by Gasteiger charge is 2.28. The van der Waals surface area contributed by atoms with Crippen LogP contribution < -0.4 is 4.72 Å². The zero-order chi connectivity index (χ0) is 21.3. The number of aromatic amines is 1. The summed E-state index contributed by atoms with van der Waals surface area (Å²) in [6.07, 6.45) is 3.57. The lowest BCUT2D eigenvalue weighted by molar-refractivity contribution is 0.0708. The molecule has 1 fully saturated rings. The van der Waals surface area contributed by atoms with Crippen molar-refractivity contribution in [1.82, 2.24) is 14.6 Å². The highest BCUT2D eigenvalue weighted by molar-refractivity contribution is 7.89. The van der Waals surface area contributed by atoms with Gasteiger partial charge in [0.15, 0.2) is 0 Å². The number of para-hydroxylation sites is 1. The maximum atomic E-state index is 14.4. The second kappa shape index (κ2) is 8.20. The third-order valence-electron chi connectivity index (χ3n) is 5.66. The number of carbonyl (C=O) groups is 1. The smallest absolute Gasteiger partial charge is 0.256 e. The fourth-order valence-electron chi connectivity index (χ4n) is 4.10. The summed E-state index contributed by atoms with van der Waals surface area (Å²) in [5.41, 5.74) is 2.12. The molecule has 1 saturated heterocycles. The molecule has 2 heterocycles. The van der Waals surface area contributed by atoms with E-state index in [9.17, 15) is 17.6 Å². The molecule has 6 nitrogen and oxygen atoms in total. The molecular formula is C22H24FN3O3S. The van der Waals surface area contributed by atoms with Crippen LogP contribution in [0.1, 0.15) is 41.6 Å². The highest BCUT2D eigenvalue weighted by atomic mass is 32.2. The molecule has 2 aromatic carbocycles. The van der Waals surface area contributed by atoms with E-state index < -0.39 is 21.7 Å². The Morgan fingerprint density at radius 2 is 1.93 bits per heavy atom. The first-order valence-corrected chi connectivity index (χ1v) is 11.5. The van der Waals surface area contributed by atoms with E-state index in [1.165, 1.54) is 17.0 Å². The molecule has 4 rings (SSSR count).